The summed E-state index contributed by atoms with van der Waals surface area (Å²) in [7, 11) is 0. The number of piperidine rings is 1. The molecule has 21 heavy (non-hydrogen) atoms. The number of hydrogen-bond acceptors (Lipinski definition) is 3. The zero-order chi connectivity index (χ0) is 14.7. The molecule has 1 saturated carbocycles. The number of likely N-dealkylation sites (tertiary alicyclic amines) is 1. The van der Waals surface area contributed by atoms with Crippen LogP contribution >= 0.6 is 0 Å². The third-order valence-corrected chi connectivity index (χ3v) is 5.11. The fourth-order valence-electron chi connectivity index (χ4n) is 3.85. The minimum absolute atomic E-state index is 0.00204. The number of hydrogen-bond donors (Lipinski definition) is 0. The summed E-state index contributed by atoms with van der Waals surface area (Å²) in [5, 5.41) is 0. The fourth-order valence-corrected chi connectivity index (χ4v) is 3.85. The first kappa shape index (κ1) is 14.8. The van der Waals surface area contributed by atoms with Crippen LogP contribution in [-0.2, 0) is 14.3 Å². The Morgan fingerprint density at radius 1 is 0.762 bits per heavy atom. The molecular weight excluding hydrogens is 268 g/mol. The molecule has 0 bridgehead atoms. The fraction of sp³-hybridized carbons (Fsp3) is 0.875. The van der Waals surface area contributed by atoms with Gasteiger partial charge >= 0.3 is 0 Å². The van der Waals surface area contributed by atoms with Crippen molar-refractivity contribution in [2.75, 3.05) is 39.4 Å². The van der Waals surface area contributed by atoms with Gasteiger partial charge in [-0.05, 0) is 25.7 Å². The molecule has 1 aliphatic carbocycles. The van der Waals surface area contributed by atoms with Crippen molar-refractivity contribution in [3.05, 3.63) is 0 Å². The average molecular weight is 294 g/mol. The second-order valence-corrected chi connectivity index (χ2v) is 6.54. The number of morpholine rings is 1. The molecule has 0 radical (unpaired) electrons. The SMILES string of the molecule is O=C(C1CCCC1)N1CCC[C@@H](C(=O)N2CCOCC2)C1. The Hall–Kier alpha value is -1.10. The molecule has 118 valence electrons. The molecule has 0 aromatic rings. The highest BCUT2D eigenvalue weighted by Gasteiger charge is 2.34. The summed E-state index contributed by atoms with van der Waals surface area (Å²) in [5.74, 6) is 0.749. The summed E-state index contributed by atoms with van der Waals surface area (Å²) in [6, 6.07) is 0. The Morgan fingerprint density at radius 2 is 1.38 bits per heavy atom. The summed E-state index contributed by atoms with van der Waals surface area (Å²) in [5.41, 5.74) is 0. The standard InChI is InChI=1S/C16H26N2O3/c19-15(13-4-1-2-5-13)18-7-3-6-14(12-18)16(20)17-8-10-21-11-9-17/h13-14H,1-12H2/t14-/m1/s1. The number of ether oxygens (including phenoxy) is 1. The van der Waals surface area contributed by atoms with Gasteiger partial charge in [-0.3, -0.25) is 9.59 Å². The van der Waals surface area contributed by atoms with E-state index in [0.29, 0.717) is 38.8 Å². The second kappa shape index (κ2) is 6.77. The average Bonchev–Trinajstić information content (AvgIpc) is 3.09. The van der Waals surface area contributed by atoms with E-state index in [4.69, 9.17) is 4.74 Å². The number of carbonyl (C=O) groups excluding carboxylic acids is 2. The van der Waals surface area contributed by atoms with E-state index in [9.17, 15) is 9.59 Å². The van der Waals surface area contributed by atoms with Gasteiger partial charge in [0.1, 0.15) is 0 Å². The van der Waals surface area contributed by atoms with Gasteiger partial charge in [-0.2, -0.15) is 0 Å². The molecule has 3 rings (SSSR count). The molecule has 2 heterocycles. The van der Waals surface area contributed by atoms with Crippen LogP contribution in [0.15, 0.2) is 0 Å². The molecule has 3 fully saturated rings. The summed E-state index contributed by atoms with van der Waals surface area (Å²) in [6.07, 6.45) is 6.32. The molecule has 1 atom stereocenters. The minimum Gasteiger partial charge on any atom is -0.378 e. The highest BCUT2D eigenvalue weighted by atomic mass is 16.5. The van der Waals surface area contributed by atoms with Crippen LogP contribution in [0.25, 0.3) is 0 Å². The molecule has 2 saturated heterocycles. The summed E-state index contributed by atoms with van der Waals surface area (Å²) < 4.78 is 5.31. The Morgan fingerprint density at radius 3 is 2.10 bits per heavy atom. The van der Waals surface area contributed by atoms with Crippen LogP contribution in [0.5, 0.6) is 0 Å². The maximum Gasteiger partial charge on any atom is 0.227 e. The number of rotatable bonds is 2. The lowest BCUT2D eigenvalue weighted by Gasteiger charge is -2.37. The van der Waals surface area contributed by atoms with Crippen LogP contribution in [0.1, 0.15) is 38.5 Å². The van der Waals surface area contributed by atoms with Crippen LogP contribution in [0.2, 0.25) is 0 Å². The first-order valence-corrected chi connectivity index (χ1v) is 8.41. The zero-order valence-corrected chi connectivity index (χ0v) is 12.8. The van der Waals surface area contributed by atoms with Crippen LogP contribution in [-0.4, -0.2) is 61.0 Å². The lowest BCUT2D eigenvalue weighted by molar-refractivity contribution is -0.145. The molecule has 0 spiro atoms. The van der Waals surface area contributed by atoms with E-state index >= 15 is 0 Å². The van der Waals surface area contributed by atoms with E-state index in [-0.39, 0.29) is 17.7 Å². The number of carbonyl (C=O) groups is 2. The van der Waals surface area contributed by atoms with Crippen molar-refractivity contribution in [1.29, 1.82) is 0 Å². The Bertz CT molecular complexity index is 387. The molecule has 5 heteroatoms. The maximum atomic E-state index is 12.6. The maximum absolute atomic E-state index is 12.6. The van der Waals surface area contributed by atoms with E-state index in [1.165, 1.54) is 12.8 Å². The third-order valence-electron chi connectivity index (χ3n) is 5.11. The molecule has 0 aromatic heterocycles. The normalized spacial score (nSPS) is 27.9. The molecular formula is C16H26N2O3. The quantitative estimate of drug-likeness (QED) is 0.771. The molecule has 2 amide bonds. The summed E-state index contributed by atoms with van der Waals surface area (Å²) in [4.78, 5) is 29.0. The predicted octanol–water partition coefficient (Wildman–Crippen LogP) is 1.27. The van der Waals surface area contributed by atoms with Gasteiger partial charge in [0.05, 0.1) is 19.1 Å². The van der Waals surface area contributed by atoms with Gasteiger partial charge in [0.25, 0.3) is 0 Å². The Labute approximate surface area is 126 Å². The van der Waals surface area contributed by atoms with Gasteiger partial charge in [0.2, 0.25) is 11.8 Å². The van der Waals surface area contributed by atoms with Crippen molar-refractivity contribution >= 4 is 11.8 Å². The van der Waals surface area contributed by atoms with Crippen LogP contribution < -0.4 is 0 Å². The lowest BCUT2D eigenvalue weighted by atomic mass is 9.94. The van der Waals surface area contributed by atoms with Gasteiger partial charge in [-0.1, -0.05) is 12.8 Å². The highest BCUT2D eigenvalue weighted by molar-refractivity contribution is 5.82. The molecule has 0 unspecified atom stereocenters. The lowest BCUT2D eigenvalue weighted by Crippen LogP contribution is -2.50. The van der Waals surface area contributed by atoms with Crippen LogP contribution in [0.3, 0.4) is 0 Å². The van der Waals surface area contributed by atoms with Crippen molar-refractivity contribution < 1.29 is 14.3 Å². The first-order chi connectivity index (χ1) is 10.3. The van der Waals surface area contributed by atoms with Gasteiger partial charge < -0.3 is 14.5 Å². The van der Waals surface area contributed by atoms with Gasteiger partial charge in [-0.25, -0.2) is 0 Å². The van der Waals surface area contributed by atoms with E-state index in [1.807, 2.05) is 9.80 Å². The first-order valence-electron chi connectivity index (χ1n) is 8.41. The Kier molecular flexibility index (Phi) is 4.78. The second-order valence-electron chi connectivity index (χ2n) is 6.54. The molecule has 5 nitrogen and oxygen atoms in total. The molecule has 0 N–H and O–H groups in total. The van der Waals surface area contributed by atoms with Gasteiger partial charge in [0, 0.05) is 32.1 Å². The summed E-state index contributed by atoms with van der Waals surface area (Å²) >= 11 is 0. The van der Waals surface area contributed by atoms with Crippen molar-refractivity contribution in [1.82, 2.24) is 9.80 Å². The topological polar surface area (TPSA) is 49.9 Å². The van der Waals surface area contributed by atoms with Crippen molar-refractivity contribution in [3.8, 4) is 0 Å². The third kappa shape index (κ3) is 3.39. The molecule has 0 aromatic carbocycles. The molecule has 2 aliphatic heterocycles. The predicted molar refractivity (Wildman–Crippen MR) is 78.7 cm³/mol. The highest BCUT2D eigenvalue weighted by Crippen LogP contribution is 2.29. The van der Waals surface area contributed by atoms with Gasteiger partial charge in [0.15, 0.2) is 0 Å². The summed E-state index contributed by atoms with van der Waals surface area (Å²) in [6.45, 7) is 4.15. The van der Waals surface area contributed by atoms with Crippen molar-refractivity contribution in [3.63, 3.8) is 0 Å². The monoisotopic (exact) mass is 294 g/mol. The largest absolute Gasteiger partial charge is 0.378 e. The van der Waals surface area contributed by atoms with Crippen LogP contribution in [0, 0.1) is 11.8 Å². The number of amides is 2. The van der Waals surface area contributed by atoms with Crippen molar-refractivity contribution in [2.45, 2.75) is 38.5 Å². The Balaban J connectivity index is 1.57. The van der Waals surface area contributed by atoms with E-state index in [2.05, 4.69) is 0 Å². The van der Waals surface area contributed by atoms with E-state index in [0.717, 1.165) is 32.2 Å². The molecule has 3 aliphatic rings. The zero-order valence-electron chi connectivity index (χ0n) is 12.8. The van der Waals surface area contributed by atoms with E-state index in [1.54, 1.807) is 0 Å². The minimum atomic E-state index is 0.00204. The van der Waals surface area contributed by atoms with Crippen molar-refractivity contribution in [2.24, 2.45) is 11.8 Å². The van der Waals surface area contributed by atoms with Gasteiger partial charge in [-0.15, -0.1) is 0 Å². The van der Waals surface area contributed by atoms with Crippen LogP contribution in [0.4, 0.5) is 0 Å². The smallest absolute Gasteiger partial charge is 0.227 e. The number of nitrogens with zero attached hydrogens (tertiary/aromatic N) is 2. The van der Waals surface area contributed by atoms with E-state index < -0.39 is 0 Å².